The van der Waals surface area contributed by atoms with E-state index in [1.807, 2.05) is 13.8 Å². The van der Waals surface area contributed by atoms with E-state index in [0.717, 1.165) is 17.8 Å². The van der Waals surface area contributed by atoms with Crippen LogP contribution in [0.25, 0.3) is 10.9 Å². The molecule has 34 heavy (non-hydrogen) atoms. The summed E-state index contributed by atoms with van der Waals surface area (Å²) in [5, 5.41) is 10.3. The molecule has 3 aromatic rings. The first-order valence-corrected chi connectivity index (χ1v) is 10.8. The number of aliphatic hydroxyl groups is 1. The lowest BCUT2D eigenvalue weighted by molar-refractivity contribution is -0.137. The quantitative estimate of drug-likeness (QED) is 0.558. The summed E-state index contributed by atoms with van der Waals surface area (Å²) in [4.78, 5) is 23.3. The van der Waals surface area contributed by atoms with Crippen molar-refractivity contribution in [3.05, 3.63) is 64.5 Å². The Bertz CT molecular complexity index is 1210. The Morgan fingerprint density at radius 2 is 2.06 bits per heavy atom. The second kappa shape index (κ2) is 9.19. The average Bonchev–Trinajstić information content (AvgIpc) is 3.23. The third-order valence-electron chi connectivity index (χ3n) is 5.70. The minimum Gasteiger partial charge on any atom is -0.393 e. The summed E-state index contributed by atoms with van der Waals surface area (Å²) in [7, 11) is 0. The molecule has 2 aromatic heterocycles. The number of fused-ring (bicyclic) bond motifs is 3. The summed E-state index contributed by atoms with van der Waals surface area (Å²) < 4.78 is 44.2. The first kappa shape index (κ1) is 23.9. The molecule has 0 spiro atoms. The Kier molecular flexibility index (Phi) is 6.46. The number of ether oxygens (including phenoxy) is 1. The molecular weight excluding hydrogens is 449 g/mol. The molecule has 0 saturated heterocycles. The highest BCUT2D eigenvalue weighted by Gasteiger charge is 2.31. The molecule has 0 radical (unpaired) electrons. The molecule has 1 aromatic carbocycles. The standard InChI is InChI=1S/C24H25F3N4O3/c1-13(2)9-31(10-16-5-4-15(8-29-16)24(25,26)27)23(33)14-3-6-19-17(7-14)18-12-34-20(11-32)21(18)22(28)30-19/h3-8,13,20,32H,9-12H2,1-2H3,(H2,28,30)/t20-/m0/s1. The lowest BCUT2D eigenvalue weighted by atomic mass is 9.99. The lowest BCUT2D eigenvalue weighted by Gasteiger charge is -2.25. The minimum absolute atomic E-state index is 0.0704. The number of amides is 1. The van der Waals surface area contributed by atoms with E-state index in [9.17, 15) is 23.1 Å². The molecule has 10 heteroatoms. The van der Waals surface area contributed by atoms with E-state index in [1.165, 1.54) is 6.07 Å². The summed E-state index contributed by atoms with van der Waals surface area (Å²) in [5.41, 5.74) is 8.03. The molecule has 1 aliphatic rings. The average molecular weight is 474 g/mol. The zero-order valence-corrected chi connectivity index (χ0v) is 18.8. The number of carbonyl (C=O) groups excluding carboxylic acids is 1. The number of anilines is 1. The van der Waals surface area contributed by atoms with Gasteiger partial charge in [0.15, 0.2) is 0 Å². The van der Waals surface area contributed by atoms with E-state index in [4.69, 9.17) is 10.5 Å². The van der Waals surface area contributed by atoms with E-state index in [-0.39, 0.29) is 37.4 Å². The number of rotatable bonds is 6. The van der Waals surface area contributed by atoms with Gasteiger partial charge in [-0.3, -0.25) is 9.78 Å². The minimum atomic E-state index is -4.47. The first-order chi connectivity index (χ1) is 16.1. The zero-order chi connectivity index (χ0) is 24.6. The van der Waals surface area contributed by atoms with Crippen LogP contribution in [0.3, 0.4) is 0 Å². The molecule has 1 atom stereocenters. The van der Waals surface area contributed by atoms with E-state index < -0.39 is 17.8 Å². The summed E-state index contributed by atoms with van der Waals surface area (Å²) in [6.07, 6.45) is -4.25. The zero-order valence-electron chi connectivity index (χ0n) is 18.8. The van der Waals surface area contributed by atoms with E-state index in [1.54, 1.807) is 23.1 Å². The molecule has 7 nitrogen and oxygen atoms in total. The van der Waals surface area contributed by atoms with Crippen molar-refractivity contribution in [3.63, 3.8) is 0 Å². The summed E-state index contributed by atoms with van der Waals surface area (Å²) >= 11 is 0. The number of alkyl halides is 3. The van der Waals surface area contributed by atoms with Crippen molar-refractivity contribution in [1.29, 1.82) is 0 Å². The van der Waals surface area contributed by atoms with Gasteiger partial charge in [0, 0.05) is 29.3 Å². The highest BCUT2D eigenvalue weighted by Crippen LogP contribution is 2.38. The maximum atomic E-state index is 13.4. The second-order valence-corrected chi connectivity index (χ2v) is 8.72. The summed E-state index contributed by atoms with van der Waals surface area (Å²) in [6.45, 7) is 4.38. The van der Waals surface area contributed by atoms with Crippen LogP contribution in [0.4, 0.5) is 19.0 Å². The van der Waals surface area contributed by atoms with Crippen molar-refractivity contribution >= 4 is 22.6 Å². The third kappa shape index (κ3) is 4.69. The predicted octanol–water partition coefficient (Wildman–Crippen LogP) is 4.09. The van der Waals surface area contributed by atoms with Crippen molar-refractivity contribution < 1.29 is 27.8 Å². The van der Waals surface area contributed by atoms with Gasteiger partial charge in [-0.1, -0.05) is 13.8 Å². The maximum Gasteiger partial charge on any atom is 0.417 e. The van der Waals surface area contributed by atoms with Crippen LogP contribution in [0.2, 0.25) is 0 Å². The van der Waals surface area contributed by atoms with Gasteiger partial charge in [0.25, 0.3) is 5.91 Å². The molecule has 3 heterocycles. The summed E-state index contributed by atoms with van der Waals surface area (Å²) in [6, 6.07) is 7.33. The number of hydrogen-bond acceptors (Lipinski definition) is 6. The van der Waals surface area contributed by atoms with Gasteiger partial charge in [-0.25, -0.2) is 4.98 Å². The van der Waals surface area contributed by atoms with Crippen LogP contribution in [0.5, 0.6) is 0 Å². The molecule has 1 amide bonds. The fourth-order valence-corrected chi connectivity index (χ4v) is 4.15. The van der Waals surface area contributed by atoms with Crippen LogP contribution in [0.1, 0.15) is 52.7 Å². The number of aliphatic hydroxyl groups excluding tert-OH is 1. The van der Waals surface area contributed by atoms with Gasteiger partial charge in [0.1, 0.15) is 11.9 Å². The van der Waals surface area contributed by atoms with Crippen molar-refractivity contribution in [2.45, 2.75) is 39.3 Å². The number of nitrogens with zero attached hydrogens (tertiary/aromatic N) is 3. The Hall–Kier alpha value is -3.24. The van der Waals surface area contributed by atoms with Gasteiger partial charge in [0.2, 0.25) is 0 Å². The van der Waals surface area contributed by atoms with E-state index >= 15 is 0 Å². The SMILES string of the molecule is CC(C)CN(Cc1ccc(C(F)(F)F)cn1)C(=O)c1ccc2nc(N)c3c(c2c1)CO[C@H]3CO. The van der Waals surface area contributed by atoms with Gasteiger partial charge in [-0.05, 0) is 41.8 Å². The van der Waals surface area contributed by atoms with Crippen LogP contribution in [-0.2, 0) is 24.1 Å². The monoisotopic (exact) mass is 474 g/mol. The fourth-order valence-electron chi connectivity index (χ4n) is 4.15. The number of halogens is 3. The molecule has 1 aliphatic heterocycles. The number of carbonyl (C=O) groups is 1. The van der Waals surface area contributed by atoms with Gasteiger partial charge < -0.3 is 20.5 Å². The number of benzene rings is 1. The van der Waals surface area contributed by atoms with Crippen LogP contribution < -0.4 is 5.73 Å². The van der Waals surface area contributed by atoms with Gasteiger partial charge in [0.05, 0.1) is 36.5 Å². The molecule has 180 valence electrons. The predicted molar refractivity (Wildman–Crippen MR) is 120 cm³/mol. The van der Waals surface area contributed by atoms with Gasteiger partial charge in [-0.2, -0.15) is 13.2 Å². The van der Waals surface area contributed by atoms with Gasteiger partial charge in [-0.15, -0.1) is 0 Å². The van der Waals surface area contributed by atoms with Crippen LogP contribution in [0.15, 0.2) is 36.5 Å². The van der Waals surface area contributed by atoms with E-state index in [2.05, 4.69) is 9.97 Å². The van der Waals surface area contributed by atoms with Crippen LogP contribution in [0, 0.1) is 5.92 Å². The second-order valence-electron chi connectivity index (χ2n) is 8.72. The topological polar surface area (TPSA) is 102 Å². The lowest BCUT2D eigenvalue weighted by Crippen LogP contribution is -2.34. The van der Waals surface area contributed by atoms with Crippen molar-refractivity contribution in [3.8, 4) is 0 Å². The van der Waals surface area contributed by atoms with Crippen molar-refractivity contribution in [2.75, 3.05) is 18.9 Å². The molecule has 0 saturated carbocycles. The number of hydrogen-bond donors (Lipinski definition) is 2. The Labute approximate surface area is 194 Å². The van der Waals surface area contributed by atoms with Crippen LogP contribution in [-0.4, -0.2) is 39.0 Å². The largest absolute Gasteiger partial charge is 0.417 e. The Balaban J connectivity index is 1.66. The fraction of sp³-hybridized carbons (Fsp3) is 0.375. The first-order valence-electron chi connectivity index (χ1n) is 10.8. The molecule has 0 aliphatic carbocycles. The molecule has 0 fully saturated rings. The van der Waals surface area contributed by atoms with Crippen molar-refractivity contribution in [2.24, 2.45) is 5.92 Å². The molecule has 0 unspecified atom stereocenters. The Morgan fingerprint density at radius 3 is 2.68 bits per heavy atom. The molecular formula is C24H25F3N4O3. The third-order valence-corrected chi connectivity index (χ3v) is 5.70. The van der Waals surface area contributed by atoms with Crippen molar-refractivity contribution in [1.82, 2.24) is 14.9 Å². The number of pyridine rings is 2. The molecule has 3 N–H and O–H groups in total. The number of aromatic nitrogens is 2. The smallest absolute Gasteiger partial charge is 0.393 e. The highest BCUT2D eigenvalue weighted by molar-refractivity contribution is 5.99. The number of nitrogen functional groups attached to an aromatic ring is 1. The summed E-state index contributed by atoms with van der Waals surface area (Å²) in [5.74, 6) is 0.136. The Morgan fingerprint density at radius 1 is 1.29 bits per heavy atom. The van der Waals surface area contributed by atoms with E-state index in [0.29, 0.717) is 34.3 Å². The van der Waals surface area contributed by atoms with Crippen LogP contribution >= 0.6 is 0 Å². The maximum absolute atomic E-state index is 13.4. The normalized spacial score (nSPS) is 15.7. The molecule has 4 rings (SSSR count). The highest BCUT2D eigenvalue weighted by atomic mass is 19.4. The van der Waals surface area contributed by atoms with Gasteiger partial charge >= 0.3 is 6.18 Å². The molecule has 0 bridgehead atoms. The number of nitrogens with two attached hydrogens (primary N) is 1.